The lowest BCUT2D eigenvalue weighted by molar-refractivity contribution is 0.0354. The van der Waals surface area contributed by atoms with E-state index in [2.05, 4.69) is 24.1 Å². The van der Waals surface area contributed by atoms with Gasteiger partial charge in [0, 0.05) is 19.3 Å². The highest BCUT2D eigenvalue weighted by molar-refractivity contribution is 5.39. The normalized spacial score (nSPS) is 14.9. The predicted molar refractivity (Wildman–Crippen MR) is 70.8 cm³/mol. The van der Waals surface area contributed by atoms with Crippen LogP contribution in [0.2, 0.25) is 0 Å². The lowest BCUT2D eigenvalue weighted by atomic mass is 9.94. The van der Waals surface area contributed by atoms with Gasteiger partial charge in [-0.1, -0.05) is 19.9 Å². The van der Waals surface area contributed by atoms with E-state index in [0.29, 0.717) is 11.7 Å². The van der Waals surface area contributed by atoms with Gasteiger partial charge in [-0.15, -0.1) is 0 Å². The van der Waals surface area contributed by atoms with E-state index in [1.807, 2.05) is 19.2 Å². The van der Waals surface area contributed by atoms with E-state index in [0.717, 1.165) is 12.0 Å². The van der Waals surface area contributed by atoms with Crippen LogP contribution in [0, 0.1) is 5.92 Å². The van der Waals surface area contributed by atoms with Gasteiger partial charge >= 0.3 is 0 Å². The molecule has 0 spiro atoms. The molecular formula is C13H23N3O. The third kappa shape index (κ3) is 3.68. The van der Waals surface area contributed by atoms with E-state index < -0.39 is 0 Å². The molecule has 0 aromatic carbocycles. The number of aromatic nitrogens is 1. The minimum Gasteiger partial charge on any atom is -0.383 e. The van der Waals surface area contributed by atoms with Gasteiger partial charge in [-0.2, -0.15) is 0 Å². The first-order chi connectivity index (χ1) is 8.10. The fourth-order valence-electron chi connectivity index (χ4n) is 2.14. The van der Waals surface area contributed by atoms with E-state index in [9.17, 15) is 0 Å². The number of hydrogen-bond acceptors (Lipinski definition) is 4. The Kier molecular flexibility index (Phi) is 5.38. The lowest BCUT2D eigenvalue weighted by Gasteiger charge is -2.29. The number of hydrogen-bond donors (Lipinski definition) is 2. The molecule has 1 rings (SSSR count). The van der Waals surface area contributed by atoms with Crippen molar-refractivity contribution in [3.8, 4) is 0 Å². The lowest BCUT2D eigenvalue weighted by Crippen LogP contribution is -2.43. The summed E-state index contributed by atoms with van der Waals surface area (Å²) >= 11 is 0. The van der Waals surface area contributed by atoms with Crippen LogP contribution in [0.1, 0.15) is 19.4 Å². The molecule has 4 heteroatoms. The van der Waals surface area contributed by atoms with E-state index >= 15 is 0 Å². The zero-order valence-electron chi connectivity index (χ0n) is 11.1. The van der Waals surface area contributed by atoms with Crippen molar-refractivity contribution in [1.82, 2.24) is 10.3 Å². The number of anilines is 1. The van der Waals surface area contributed by atoms with Gasteiger partial charge < -0.3 is 15.8 Å². The van der Waals surface area contributed by atoms with Gasteiger partial charge in [-0.3, -0.25) is 0 Å². The van der Waals surface area contributed by atoms with Crippen LogP contribution in [-0.2, 0) is 11.2 Å². The highest BCUT2D eigenvalue weighted by Gasteiger charge is 2.23. The number of rotatable bonds is 6. The summed E-state index contributed by atoms with van der Waals surface area (Å²) in [5, 5.41) is 3.30. The fourth-order valence-corrected chi connectivity index (χ4v) is 2.14. The first-order valence-electron chi connectivity index (χ1n) is 5.99. The molecule has 0 aliphatic rings. The van der Waals surface area contributed by atoms with Crippen LogP contribution in [0.15, 0.2) is 18.3 Å². The monoisotopic (exact) mass is 237 g/mol. The molecule has 4 nitrogen and oxygen atoms in total. The van der Waals surface area contributed by atoms with Crippen molar-refractivity contribution < 1.29 is 4.74 Å². The van der Waals surface area contributed by atoms with Gasteiger partial charge in [0.05, 0.1) is 6.10 Å². The maximum atomic E-state index is 5.86. The summed E-state index contributed by atoms with van der Waals surface area (Å²) in [7, 11) is 3.70. The molecule has 1 aromatic rings. The summed E-state index contributed by atoms with van der Waals surface area (Å²) in [6.45, 7) is 4.32. The van der Waals surface area contributed by atoms with E-state index in [-0.39, 0.29) is 12.1 Å². The first kappa shape index (κ1) is 13.9. The van der Waals surface area contributed by atoms with Crippen LogP contribution in [0.3, 0.4) is 0 Å². The second-order valence-corrected chi connectivity index (χ2v) is 4.59. The molecule has 0 amide bonds. The summed E-state index contributed by atoms with van der Waals surface area (Å²) in [6.07, 6.45) is 2.70. The first-order valence-corrected chi connectivity index (χ1v) is 5.99. The minimum absolute atomic E-state index is 0.166. The predicted octanol–water partition coefficient (Wildman–Crippen LogP) is 1.47. The van der Waals surface area contributed by atoms with Crippen molar-refractivity contribution in [2.24, 2.45) is 5.92 Å². The van der Waals surface area contributed by atoms with E-state index in [1.54, 1.807) is 13.3 Å². The van der Waals surface area contributed by atoms with Crippen LogP contribution in [-0.4, -0.2) is 31.3 Å². The molecule has 0 aliphatic heterocycles. The van der Waals surface area contributed by atoms with Gasteiger partial charge in [0.25, 0.3) is 0 Å². The second kappa shape index (κ2) is 6.57. The Bertz CT molecular complexity index is 341. The Hall–Kier alpha value is -1.13. The van der Waals surface area contributed by atoms with Crippen molar-refractivity contribution in [2.45, 2.75) is 32.4 Å². The zero-order chi connectivity index (χ0) is 12.8. The summed E-state index contributed by atoms with van der Waals surface area (Å²) in [6, 6.07) is 4.17. The minimum atomic E-state index is 0.166. The van der Waals surface area contributed by atoms with E-state index in [1.165, 1.54) is 0 Å². The summed E-state index contributed by atoms with van der Waals surface area (Å²) < 4.78 is 5.55. The smallest absolute Gasteiger partial charge is 0.126 e. The Morgan fingerprint density at radius 1 is 1.47 bits per heavy atom. The molecule has 0 fully saturated rings. The molecule has 1 aromatic heterocycles. The van der Waals surface area contributed by atoms with E-state index in [4.69, 9.17) is 10.5 Å². The number of nitrogens with one attached hydrogen (secondary N) is 1. The summed E-state index contributed by atoms with van der Waals surface area (Å²) in [4.78, 5) is 4.11. The van der Waals surface area contributed by atoms with Crippen molar-refractivity contribution in [3.63, 3.8) is 0 Å². The topological polar surface area (TPSA) is 60.2 Å². The zero-order valence-corrected chi connectivity index (χ0v) is 11.1. The molecule has 1 heterocycles. The van der Waals surface area contributed by atoms with Crippen molar-refractivity contribution in [3.05, 3.63) is 23.9 Å². The number of methoxy groups -OCH3 is 1. The number of nitrogens with two attached hydrogens (primary N) is 1. The maximum absolute atomic E-state index is 5.86. The van der Waals surface area contributed by atoms with Crippen LogP contribution >= 0.6 is 0 Å². The van der Waals surface area contributed by atoms with Gasteiger partial charge in [-0.25, -0.2) is 4.98 Å². The molecule has 0 radical (unpaired) electrons. The molecule has 0 aliphatic carbocycles. The highest BCUT2D eigenvalue weighted by Crippen LogP contribution is 2.17. The molecule has 96 valence electrons. The van der Waals surface area contributed by atoms with Crippen LogP contribution in [0.5, 0.6) is 0 Å². The molecule has 2 unspecified atom stereocenters. The maximum Gasteiger partial charge on any atom is 0.126 e. The molecule has 0 saturated carbocycles. The Morgan fingerprint density at radius 2 is 2.18 bits per heavy atom. The summed E-state index contributed by atoms with van der Waals surface area (Å²) in [5.74, 6) is 1.06. The molecular weight excluding hydrogens is 214 g/mol. The number of likely N-dealkylation sites (N-methyl/N-ethyl adjacent to an activating group) is 1. The molecule has 0 saturated heterocycles. The quantitative estimate of drug-likeness (QED) is 0.786. The number of ether oxygens (including phenoxy) is 1. The standard InChI is InChI=1S/C13H23N3O/c1-9(2)12(17-4)11(15-3)8-10-6-5-7-16-13(10)14/h5-7,9,11-12,15H,8H2,1-4H3,(H2,14,16). The molecule has 17 heavy (non-hydrogen) atoms. The third-order valence-corrected chi connectivity index (χ3v) is 3.06. The Labute approximate surface area is 104 Å². The second-order valence-electron chi connectivity index (χ2n) is 4.59. The number of nitrogens with zero attached hydrogens (tertiary/aromatic N) is 1. The van der Waals surface area contributed by atoms with Crippen molar-refractivity contribution in [1.29, 1.82) is 0 Å². The Morgan fingerprint density at radius 3 is 2.65 bits per heavy atom. The average Bonchev–Trinajstić information content (AvgIpc) is 2.30. The number of nitrogen functional groups attached to an aromatic ring is 1. The van der Waals surface area contributed by atoms with Crippen LogP contribution in [0.25, 0.3) is 0 Å². The van der Waals surface area contributed by atoms with Crippen molar-refractivity contribution in [2.75, 3.05) is 19.9 Å². The van der Waals surface area contributed by atoms with Crippen LogP contribution in [0.4, 0.5) is 5.82 Å². The highest BCUT2D eigenvalue weighted by atomic mass is 16.5. The van der Waals surface area contributed by atoms with Crippen molar-refractivity contribution >= 4 is 5.82 Å². The van der Waals surface area contributed by atoms with Gasteiger partial charge in [-0.05, 0) is 31.0 Å². The van der Waals surface area contributed by atoms with Crippen LogP contribution < -0.4 is 11.1 Å². The molecule has 2 atom stereocenters. The SMILES string of the molecule is CNC(Cc1cccnc1N)C(OC)C(C)C. The fraction of sp³-hybridized carbons (Fsp3) is 0.615. The van der Waals surface area contributed by atoms with Gasteiger partial charge in [0.1, 0.15) is 5.82 Å². The van der Waals surface area contributed by atoms with Gasteiger partial charge in [0.2, 0.25) is 0 Å². The summed E-state index contributed by atoms with van der Waals surface area (Å²) in [5.41, 5.74) is 6.93. The average molecular weight is 237 g/mol. The third-order valence-electron chi connectivity index (χ3n) is 3.06. The molecule has 3 N–H and O–H groups in total. The Balaban J connectivity index is 2.79. The molecule has 0 bridgehead atoms. The number of pyridine rings is 1. The largest absolute Gasteiger partial charge is 0.383 e. The van der Waals surface area contributed by atoms with Gasteiger partial charge in [0.15, 0.2) is 0 Å².